The Morgan fingerprint density at radius 1 is 1.20 bits per heavy atom. The molecule has 0 aromatic carbocycles. The van der Waals surface area contributed by atoms with Gasteiger partial charge in [0.25, 0.3) is 0 Å². The van der Waals surface area contributed by atoms with Crippen LogP contribution in [-0.2, 0) is 0 Å². The second kappa shape index (κ2) is 7.70. The minimum absolute atomic E-state index is 0.153. The zero-order chi connectivity index (χ0) is 11.7. The van der Waals surface area contributed by atoms with Crippen molar-refractivity contribution in [2.24, 2.45) is 11.3 Å². The molecule has 0 rings (SSSR count). The van der Waals surface area contributed by atoms with Gasteiger partial charge in [0.15, 0.2) is 0 Å². The Morgan fingerprint density at radius 3 is 2.33 bits per heavy atom. The van der Waals surface area contributed by atoms with Crippen molar-refractivity contribution in [3.05, 3.63) is 0 Å². The van der Waals surface area contributed by atoms with Gasteiger partial charge in [-0.15, -0.1) is 0 Å². The van der Waals surface area contributed by atoms with Crippen molar-refractivity contribution < 1.29 is 0 Å². The predicted molar refractivity (Wildman–Crippen MR) is 65.6 cm³/mol. The van der Waals surface area contributed by atoms with Gasteiger partial charge in [-0.2, -0.15) is 5.26 Å². The average molecular weight is 210 g/mol. The van der Waals surface area contributed by atoms with Crippen LogP contribution in [0.4, 0.5) is 0 Å². The molecule has 88 valence electrons. The van der Waals surface area contributed by atoms with E-state index in [2.05, 4.69) is 25.2 Å². The number of nitrogens with one attached hydrogen (secondary N) is 1. The van der Waals surface area contributed by atoms with Gasteiger partial charge >= 0.3 is 0 Å². The first-order chi connectivity index (χ1) is 6.98. The summed E-state index contributed by atoms with van der Waals surface area (Å²) in [5.41, 5.74) is -0.153. The number of hydrogen-bond acceptors (Lipinski definition) is 2. The number of rotatable bonds is 8. The predicted octanol–water partition coefficient (Wildman–Crippen LogP) is 3.34. The first kappa shape index (κ1) is 14.5. The van der Waals surface area contributed by atoms with Gasteiger partial charge in [0.2, 0.25) is 0 Å². The molecular formula is C13H26N2. The molecule has 0 aromatic rings. The van der Waals surface area contributed by atoms with E-state index in [1.807, 2.05) is 13.8 Å². The smallest absolute Gasteiger partial charge is 0.0683 e. The summed E-state index contributed by atoms with van der Waals surface area (Å²) in [6, 6.07) is 2.33. The lowest BCUT2D eigenvalue weighted by molar-refractivity contribution is 0.423. The molecular weight excluding hydrogens is 184 g/mol. The SMILES string of the molecule is CC(C)CCCNCCCC(C)(C)C#N. The van der Waals surface area contributed by atoms with E-state index in [-0.39, 0.29) is 5.41 Å². The minimum atomic E-state index is -0.153. The molecule has 2 heteroatoms. The Bertz CT molecular complexity index is 189. The lowest BCUT2D eigenvalue weighted by Gasteiger charge is -2.14. The van der Waals surface area contributed by atoms with Gasteiger partial charge in [-0.1, -0.05) is 13.8 Å². The first-order valence-corrected chi connectivity index (χ1v) is 6.10. The molecule has 0 aliphatic rings. The van der Waals surface area contributed by atoms with Crippen molar-refractivity contribution in [3.8, 4) is 6.07 Å². The van der Waals surface area contributed by atoms with Crippen molar-refractivity contribution >= 4 is 0 Å². The molecule has 0 aliphatic carbocycles. The van der Waals surface area contributed by atoms with Crippen LogP contribution in [0.2, 0.25) is 0 Å². The van der Waals surface area contributed by atoms with E-state index >= 15 is 0 Å². The molecule has 0 fully saturated rings. The summed E-state index contributed by atoms with van der Waals surface area (Å²) in [7, 11) is 0. The Balaban J connectivity index is 3.23. The van der Waals surface area contributed by atoms with Crippen LogP contribution in [0.1, 0.15) is 53.4 Å². The molecule has 0 bridgehead atoms. The van der Waals surface area contributed by atoms with Gasteiger partial charge in [-0.25, -0.2) is 0 Å². The second-order valence-corrected chi connectivity index (χ2v) is 5.39. The summed E-state index contributed by atoms with van der Waals surface area (Å²) in [6.07, 6.45) is 4.65. The third-order valence-electron chi connectivity index (χ3n) is 2.59. The zero-order valence-electron chi connectivity index (χ0n) is 10.8. The van der Waals surface area contributed by atoms with Crippen LogP contribution in [0.5, 0.6) is 0 Å². The Labute approximate surface area is 95.1 Å². The first-order valence-electron chi connectivity index (χ1n) is 6.10. The summed E-state index contributed by atoms with van der Waals surface area (Å²) in [6.45, 7) is 10.7. The summed E-state index contributed by atoms with van der Waals surface area (Å²) in [4.78, 5) is 0. The average Bonchev–Trinajstić information content (AvgIpc) is 2.16. The van der Waals surface area contributed by atoms with E-state index in [1.54, 1.807) is 0 Å². The van der Waals surface area contributed by atoms with Crippen molar-refractivity contribution in [2.75, 3.05) is 13.1 Å². The highest BCUT2D eigenvalue weighted by Gasteiger charge is 2.14. The van der Waals surface area contributed by atoms with Crippen LogP contribution in [0.25, 0.3) is 0 Å². The van der Waals surface area contributed by atoms with E-state index in [0.717, 1.165) is 31.8 Å². The molecule has 15 heavy (non-hydrogen) atoms. The molecule has 0 saturated heterocycles. The minimum Gasteiger partial charge on any atom is -0.317 e. The monoisotopic (exact) mass is 210 g/mol. The quantitative estimate of drug-likeness (QED) is 0.624. The number of nitriles is 1. The van der Waals surface area contributed by atoms with Gasteiger partial charge in [0.1, 0.15) is 0 Å². The maximum Gasteiger partial charge on any atom is 0.0683 e. The van der Waals surface area contributed by atoms with Crippen molar-refractivity contribution in [1.29, 1.82) is 5.26 Å². The number of hydrogen-bond donors (Lipinski definition) is 1. The molecule has 0 amide bonds. The van der Waals surface area contributed by atoms with Crippen molar-refractivity contribution in [1.82, 2.24) is 5.32 Å². The molecule has 0 atom stereocenters. The van der Waals surface area contributed by atoms with Crippen LogP contribution in [0.15, 0.2) is 0 Å². The fourth-order valence-corrected chi connectivity index (χ4v) is 1.47. The van der Waals surface area contributed by atoms with Crippen LogP contribution in [0, 0.1) is 22.7 Å². The Hall–Kier alpha value is -0.550. The van der Waals surface area contributed by atoms with E-state index in [4.69, 9.17) is 5.26 Å². The van der Waals surface area contributed by atoms with E-state index in [0.29, 0.717) is 0 Å². The molecule has 0 saturated carbocycles. The number of nitrogens with zero attached hydrogens (tertiary/aromatic N) is 1. The highest BCUT2D eigenvalue weighted by atomic mass is 14.8. The third-order valence-corrected chi connectivity index (χ3v) is 2.59. The largest absolute Gasteiger partial charge is 0.317 e. The van der Waals surface area contributed by atoms with Crippen molar-refractivity contribution in [3.63, 3.8) is 0 Å². The fourth-order valence-electron chi connectivity index (χ4n) is 1.47. The molecule has 0 radical (unpaired) electrons. The van der Waals surface area contributed by atoms with E-state index < -0.39 is 0 Å². The molecule has 0 spiro atoms. The highest BCUT2D eigenvalue weighted by Crippen LogP contribution is 2.19. The van der Waals surface area contributed by atoms with Crippen LogP contribution >= 0.6 is 0 Å². The Morgan fingerprint density at radius 2 is 1.80 bits per heavy atom. The summed E-state index contributed by atoms with van der Waals surface area (Å²) in [5.74, 6) is 0.810. The highest BCUT2D eigenvalue weighted by molar-refractivity contribution is 4.91. The lowest BCUT2D eigenvalue weighted by Crippen LogP contribution is -2.19. The Kier molecular flexibility index (Phi) is 7.42. The van der Waals surface area contributed by atoms with Crippen LogP contribution in [0.3, 0.4) is 0 Å². The molecule has 0 unspecified atom stereocenters. The molecule has 1 N–H and O–H groups in total. The van der Waals surface area contributed by atoms with Gasteiger partial charge in [0.05, 0.1) is 11.5 Å². The normalized spacial score (nSPS) is 11.7. The third kappa shape index (κ3) is 9.75. The van der Waals surface area contributed by atoms with Crippen molar-refractivity contribution in [2.45, 2.75) is 53.4 Å². The van der Waals surface area contributed by atoms with Gasteiger partial charge in [-0.3, -0.25) is 0 Å². The second-order valence-electron chi connectivity index (χ2n) is 5.39. The molecule has 0 aliphatic heterocycles. The summed E-state index contributed by atoms with van der Waals surface area (Å²) in [5, 5.41) is 12.3. The lowest BCUT2D eigenvalue weighted by atomic mass is 9.90. The van der Waals surface area contributed by atoms with Gasteiger partial charge in [-0.05, 0) is 58.5 Å². The van der Waals surface area contributed by atoms with Crippen LogP contribution < -0.4 is 5.32 Å². The van der Waals surface area contributed by atoms with Gasteiger partial charge in [0, 0.05) is 0 Å². The molecule has 2 nitrogen and oxygen atoms in total. The summed E-state index contributed by atoms with van der Waals surface area (Å²) >= 11 is 0. The van der Waals surface area contributed by atoms with Crippen LogP contribution in [-0.4, -0.2) is 13.1 Å². The zero-order valence-corrected chi connectivity index (χ0v) is 10.8. The standard InChI is InChI=1S/C13H26N2/c1-12(2)7-5-9-15-10-6-8-13(3,4)11-14/h12,15H,5-10H2,1-4H3. The fraction of sp³-hybridized carbons (Fsp3) is 0.923. The van der Waals surface area contributed by atoms with Gasteiger partial charge < -0.3 is 5.32 Å². The topological polar surface area (TPSA) is 35.8 Å². The maximum absolute atomic E-state index is 8.83. The summed E-state index contributed by atoms with van der Waals surface area (Å²) < 4.78 is 0. The molecule has 0 heterocycles. The van der Waals surface area contributed by atoms with E-state index in [1.165, 1.54) is 12.8 Å². The maximum atomic E-state index is 8.83. The molecule has 0 aromatic heterocycles. The van der Waals surface area contributed by atoms with E-state index in [9.17, 15) is 0 Å².